The van der Waals surface area contributed by atoms with Crippen LogP contribution in [0.2, 0.25) is 0 Å². The second-order valence-corrected chi connectivity index (χ2v) is 7.03. The number of nitro groups is 1. The summed E-state index contributed by atoms with van der Waals surface area (Å²) >= 11 is 0. The minimum atomic E-state index is -0.456. The Morgan fingerprint density at radius 1 is 1.26 bits per heavy atom. The minimum Gasteiger partial charge on any atom is -0.377 e. The third-order valence-corrected chi connectivity index (χ3v) is 4.82. The van der Waals surface area contributed by atoms with E-state index in [9.17, 15) is 14.9 Å². The third-order valence-electron chi connectivity index (χ3n) is 4.82. The van der Waals surface area contributed by atoms with E-state index in [0.717, 1.165) is 32.3 Å². The summed E-state index contributed by atoms with van der Waals surface area (Å²) in [4.78, 5) is 23.2. The maximum atomic E-state index is 12.3. The summed E-state index contributed by atoms with van der Waals surface area (Å²) in [7, 11) is 0. The van der Waals surface area contributed by atoms with Gasteiger partial charge in [-0.25, -0.2) is 0 Å². The van der Waals surface area contributed by atoms with Gasteiger partial charge in [0.15, 0.2) is 0 Å². The van der Waals surface area contributed by atoms with Crippen molar-refractivity contribution >= 4 is 17.3 Å². The SMILES string of the molecule is CCCCCCCCNC(=O)c1ccc(NCC2CCCO2)c([N+](=O)[O-])c1. The zero-order valence-corrected chi connectivity index (χ0v) is 16.2. The first-order chi connectivity index (χ1) is 13.1. The lowest BCUT2D eigenvalue weighted by Crippen LogP contribution is -2.24. The molecule has 1 unspecified atom stereocenters. The first kappa shape index (κ1) is 21.2. The smallest absolute Gasteiger partial charge is 0.293 e. The van der Waals surface area contributed by atoms with Crippen LogP contribution in [0.25, 0.3) is 0 Å². The van der Waals surface area contributed by atoms with Crippen LogP contribution in [0, 0.1) is 10.1 Å². The number of benzene rings is 1. The molecule has 1 aliphatic rings. The molecule has 1 fully saturated rings. The fourth-order valence-corrected chi connectivity index (χ4v) is 3.21. The van der Waals surface area contributed by atoms with Gasteiger partial charge in [0.1, 0.15) is 5.69 Å². The molecule has 1 heterocycles. The van der Waals surface area contributed by atoms with Crippen molar-refractivity contribution in [2.75, 3.05) is 25.0 Å². The summed E-state index contributed by atoms with van der Waals surface area (Å²) in [6.07, 6.45) is 8.97. The van der Waals surface area contributed by atoms with E-state index in [1.807, 2.05) is 0 Å². The Morgan fingerprint density at radius 3 is 2.74 bits per heavy atom. The van der Waals surface area contributed by atoms with Crippen LogP contribution in [0.5, 0.6) is 0 Å². The number of rotatable bonds is 12. The summed E-state index contributed by atoms with van der Waals surface area (Å²) in [5.41, 5.74) is 0.651. The van der Waals surface area contributed by atoms with Crippen LogP contribution in [0.4, 0.5) is 11.4 Å². The van der Waals surface area contributed by atoms with Crippen molar-refractivity contribution in [1.29, 1.82) is 0 Å². The van der Waals surface area contributed by atoms with Crippen molar-refractivity contribution in [1.82, 2.24) is 5.32 Å². The number of carbonyl (C=O) groups is 1. The average Bonchev–Trinajstić information content (AvgIpc) is 3.19. The fraction of sp³-hybridized carbons (Fsp3) is 0.650. The summed E-state index contributed by atoms with van der Waals surface area (Å²) < 4.78 is 5.53. The van der Waals surface area contributed by atoms with Crippen LogP contribution < -0.4 is 10.6 Å². The summed E-state index contributed by atoms with van der Waals surface area (Å²) in [5.74, 6) is -0.266. The molecule has 150 valence electrons. The Balaban J connectivity index is 1.84. The number of anilines is 1. The van der Waals surface area contributed by atoms with Crippen LogP contribution in [0.1, 0.15) is 68.6 Å². The Hall–Kier alpha value is -2.15. The zero-order valence-electron chi connectivity index (χ0n) is 16.2. The van der Waals surface area contributed by atoms with Gasteiger partial charge in [-0.15, -0.1) is 0 Å². The zero-order chi connectivity index (χ0) is 19.5. The lowest BCUT2D eigenvalue weighted by molar-refractivity contribution is -0.384. The van der Waals surface area contributed by atoms with Gasteiger partial charge in [-0.2, -0.15) is 0 Å². The van der Waals surface area contributed by atoms with Crippen molar-refractivity contribution in [3.05, 3.63) is 33.9 Å². The number of amides is 1. The minimum absolute atomic E-state index is 0.0831. The first-order valence-electron chi connectivity index (χ1n) is 10.0. The first-order valence-corrected chi connectivity index (χ1v) is 10.0. The van der Waals surface area contributed by atoms with Gasteiger partial charge < -0.3 is 15.4 Å². The maximum Gasteiger partial charge on any atom is 0.293 e. The second kappa shape index (κ2) is 11.5. The molecule has 0 aliphatic carbocycles. The molecule has 0 bridgehead atoms. The standard InChI is InChI=1S/C20H31N3O4/c1-2-3-4-5-6-7-12-21-20(24)16-10-11-18(19(14-16)23(25)26)22-15-17-9-8-13-27-17/h10-11,14,17,22H,2-9,12-13,15H2,1H3,(H,21,24). The number of carbonyl (C=O) groups excluding carboxylic acids is 1. The van der Waals surface area contributed by atoms with E-state index in [0.29, 0.717) is 24.3 Å². The van der Waals surface area contributed by atoms with E-state index in [4.69, 9.17) is 4.74 Å². The molecule has 7 heteroatoms. The van der Waals surface area contributed by atoms with Crippen molar-refractivity contribution < 1.29 is 14.5 Å². The average molecular weight is 377 g/mol. The van der Waals surface area contributed by atoms with E-state index < -0.39 is 4.92 Å². The van der Waals surface area contributed by atoms with Crippen molar-refractivity contribution in [3.63, 3.8) is 0 Å². The quantitative estimate of drug-likeness (QED) is 0.322. The van der Waals surface area contributed by atoms with Gasteiger partial charge in [0, 0.05) is 31.3 Å². The van der Waals surface area contributed by atoms with Crippen molar-refractivity contribution in [2.45, 2.75) is 64.4 Å². The summed E-state index contributed by atoms with van der Waals surface area (Å²) in [6, 6.07) is 4.57. The van der Waals surface area contributed by atoms with Crippen LogP contribution in [0.15, 0.2) is 18.2 Å². The lowest BCUT2D eigenvalue weighted by atomic mass is 10.1. The molecule has 0 aromatic heterocycles. The van der Waals surface area contributed by atoms with Crippen LogP contribution in [-0.4, -0.2) is 36.6 Å². The van der Waals surface area contributed by atoms with Gasteiger partial charge in [-0.05, 0) is 31.4 Å². The number of ether oxygens (including phenoxy) is 1. The molecule has 2 N–H and O–H groups in total. The van der Waals surface area contributed by atoms with Crippen LogP contribution >= 0.6 is 0 Å². The molecular formula is C20H31N3O4. The normalized spacial score (nSPS) is 16.3. The Morgan fingerprint density at radius 2 is 2.04 bits per heavy atom. The second-order valence-electron chi connectivity index (χ2n) is 7.03. The van der Waals surface area contributed by atoms with Gasteiger partial charge in [0.25, 0.3) is 11.6 Å². The summed E-state index contributed by atoms with van der Waals surface area (Å²) in [5, 5.41) is 17.3. The lowest BCUT2D eigenvalue weighted by Gasteiger charge is -2.13. The number of nitrogens with zero attached hydrogens (tertiary/aromatic N) is 1. The Bertz CT molecular complexity index is 615. The number of nitrogens with one attached hydrogen (secondary N) is 2. The van der Waals surface area contributed by atoms with Crippen LogP contribution in [0.3, 0.4) is 0 Å². The van der Waals surface area contributed by atoms with Gasteiger partial charge in [-0.3, -0.25) is 14.9 Å². The molecule has 1 saturated heterocycles. The van der Waals surface area contributed by atoms with E-state index in [1.54, 1.807) is 12.1 Å². The largest absolute Gasteiger partial charge is 0.377 e. The van der Waals surface area contributed by atoms with E-state index >= 15 is 0 Å². The molecule has 0 radical (unpaired) electrons. The van der Waals surface area contributed by atoms with Crippen molar-refractivity contribution in [2.24, 2.45) is 0 Å². The monoisotopic (exact) mass is 377 g/mol. The highest BCUT2D eigenvalue weighted by Crippen LogP contribution is 2.26. The Labute approximate surface area is 161 Å². The van der Waals surface area contributed by atoms with Crippen molar-refractivity contribution in [3.8, 4) is 0 Å². The van der Waals surface area contributed by atoms with Crippen LogP contribution in [-0.2, 0) is 4.74 Å². The molecule has 1 aliphatic heterocycles. The maximum absolute atomic E-state index is 12.3. The highest BCUT2D eigenvalue weighted by atomic mass is 16.6. The molecule has 0 saturated carbocycles. The molecule has 0 spiro atoms. The molecule has 1 atom stereocenters. The molecule has 1 aromatic carbocycles. The molecular weight excluding hydrogens is 346 g/mol. The number of unbranched alkanes of at least 4 members (excludes halogenated alkanes) is 5. The Kier molecular flexibility index (Phi) is 9.04. The number of nitro benzene ring substituents is 1. The fourth-order valence-electron chi connectivity index (χ4n) is 3.21. The predicted molar refractivity (Wildman–Crippen MR) is 106 cm³/mol. The van der Waals surface area contributed by atoms with E-state index in [-0.39, 0.29) is 17.7 Å². The summed E-state index contributed by atoms with van der Waals surface area (Å²) in [6.45, 7) is 4.05. The predicted octanol–water partition coefficient (Wildman–Crippen LogP) is 4.28. The van der Waals surface area contributed by atoms with Gasteiger partial charge in [-0.1, -0.05) is 39.0 Å². The van der Waals surface area contributed by atoms with E-state index in [1.165, 1.54) is 31.7 Å². The highest BCUT2D eigenvalue weighted by molar-refractivity contribution is 5.95. The van der Waals surface area contributed by atoms with Gasteiger partial charge in [0.2, 0.25) is 0 Å². The third kappa shape index (κ3) is 7.17. The molecule has 27 heavy (non-hydrogen) atoms. The van der Waals surface area contributed by atoms with Gasteiger partial charge >= 0.3 is 0 Å². The van der Waals surface area contributed by atoms with Gasteiger partial charge in [0.05, 0.1) is 11.0 Å². The van der Waals surface area contributed by atoms with E-state index in [2.05, 4.69) is 17.6 Å². The molecule has 2 rings (SSSR count). The molecule has 7 nitrogen and oxygen atoms in total. The number of hydrogen-bond acceptors (Lipinski definition) is 5. The topological polar surface area (TPSA) is 93.5 Å². The molecule has 1 amide bonds. The highest BCUT2D eigenvalue weighted by Gasteiger charge is 2.20. The molecule has 1 aromatic rings. The number of hydrogen-bond donors (Lipinski definition) is 2.